The van der Waals surface area contributed by atoms with Gasteiger partial charge in [-0.2, -0.15) is 5.10 Å². The summed E-state index contributed by atoms with van der Waals surface area (Å²) in [4.78, 5) is 4.63. The highest BCUT2D eigenvalue weighted by Crippen LogP contribution is 2.28. The van der Waals surface area contributed by atoms with E-state index in [2.05, 4.69) is 20.7 Å². The van der Waals surface area contributed by atoms with E-state index in [1.54, 1.807) is 4.68 Å². The number of allylic oxidation sites excluding steroid dienone is 1. The lowest BCUT2D eigenvalue weighted by atomic mass is 9.95. The lowest BCUT2D eigenvalue weighted by molar-refractivity contribution is 0.344. The van der Waals surface area contributed by atoms with Gasteiger partial charge in [0, 0.05) is 47.2 Å². The number of aliphatic imine (C=N–C) groups is 1. The van der Waals surface area contributed by atoms with Crippen molar-refractivity contribution in [1.82, 2.24) is 20.4 Å². The largest absolute Gasteiger partial charge is 0.369 e. The quantitative estimate of drug-likeness (QED) is 0.756. The van der Waals surface area contributed by atoms with Crippen molar-refractivity contribution in [3.8, 4) is 0 Å². The van der Waals surface area contributed by atoms with Crippen LogP contribution in [0.25, 0.3) is 5.57 Å². The van der Waals surface area contributed by atoms with E-state index >= 15 is 0 Å². The van der Waals surface area contributed by atoms with Crippen LogP contribution in [0.15, 0.2) is 47.5 Å². The molecule has 1 aromatic carbocycles. The SMILES string of the molecule is Cn1cc(C2=C(NC3CCCCC3)NC(N)(c3cccc(Cl)c3)N=C2)cn1. The molecule has 1 unspecified atom stereocenters. The monoisotopic (exact) mass is 384 g/mol. The van der Waals surface area contributed by atoms with Crippen molar-refractivity contribution >= 4 is 23.4 Å². The molecule has 2 heterocycles. The number of hydrogen-bond acceptors (Lipinski definition) is 5. The number of halogens is 1. The molecule has 0 saturated heterocycles. The standard InChI is InChI=1S/C20H25ClN6/c1-27-13-14(11-24-27)18-12-23-20(22,15-6-5-7-16(21)10-15)26-19(18)25-17-8-3-2-4-9-17/h5-7,10-13,17,25-26H,2-4,8-9,22H2,1H3. The first-order chi connectivity index (χ1) is 13.0. The van der Waals surface area contributed by atoms with Gasteiger partial charge in [-0.3, -0.25) is 10.4 Å². The highest BCUT2D eigenvalue weighted by atomic mass is 35.5. The minimum atomic E-state index is -1.06. The second kappa shape index (κ2) is 7.37. The Morgan fingerprint density at radius 1 is 1.30 bits per heavy atom. The molecule has 1 atom stereocenters. The molecule has 0 spiro atoms. The van der Waals surface area contributed by atoms with Crippen LogP contribution in [0.4, 0.5) is 0 Å². The number of nitrogens with one attached hydrogen (secondary N) is 2. The van der Waals surface area contributed by atoms with Crippen LogP contribution < -0.4 is 16.4 Å². The smallest absolute Gasteiger partial charge is 0.210 e. The summed E-state index contributed by atoms with van der Waals surface area (Å²) in [5.41, 5.74) is 9.42. The van der Waals surface area contributed by atoms with Gasteiger partial charge in [-0.05, 0) is 25.0 Å². The third-order valence-corrected chi connectivity index (χ3v) is 5.45. The molecule has 2 aromatic rings. The maximum absolute atomic E-state index is 6.63. The van der Waals surface area contributed by atoms with Gasteiger partial charge in [0.1, 0.15) is 5.82 Å². The summed E-state index contributed by atoms with van der Waals surface area (Å²) in [5, 5.41) is 12.0. The molecule has 4 rings (SSSR count). The molecule has 0 amide bonds. The van der Waals surface area contributed by atoms with Gasteiger partial charge in [0.05, 0.1) is 6.20 Å². The summed E-state index contributed by atoms with van der Waals surface area (Å²) in [7, 11) is 1.91. The number of nitrogens with two attached hydrogens (primary N) is 1. The average molecular weight is 385 g/mol. The Bertz CT molecular complexity index is 880. The fourth-order valence-electron chi connectivity index (χ4n) is 3.74. The van der Waals surface area contributed by atoms with Crippen LogP contribution in [-0.2, 0) is 12.8 Å². The molecule has 142 valence electrons. The van der Waals surface area contributed by atoms with E-state index in [0.717, 1.165) is 35.4 Å². The zero-order valence-corrected chi connectivity index (χ0v) is 16.2. The van der Waals surface area contributed by atoms with Crippen LogP contribution in [0.3, 0.4) is 0 Å². The Kier molecular flexibility index (Phi) is 4.93. The summed E-state index contributed by atoms with van der Waals surface area (Å²) in [6, 6.07) is 7.93. The van der Waals surface area contributed by atoms with Gasteiger partial charge in [-0.25, -0.2) is 4.99 Å². The molecule has 1 aliphatic carbocycles. The van der Waals surface area contributed by atoms with Crippen LogP contribution in [0, 0.1) is 0 Å². The Balaban J connectivity index is 1.69. The highest BCUT2D eigenvalue weighted by molar-refractivity contribution is 6.30. The lowest BCUT2D eigenvalue weighted by Gasteiger charge is -2.36. The number of aromatic nitrogens is 2. The van der Waals surface area contributed by atoms with Crippen LogP contribution >= 0.6 is 11.6 Å². The van der Waals surface area contributed by atoms with E-state index in [1.165, 1.54) is 19.3 Å². The molecule has 0 radical (unpaired) electrons. The molecular formula is C20H25ClN6. The Labute approximate surface area is 164 Å². The van der Waals surface area contributed by atoms with Crippen molar-refractivity contribution in [3.05, 3.63) is 58.6 Å². The molecule has 1 fully saturated rings. The highest BCUT2D eigenvalue weighted by Gasteiger charge is 2.32. The normalized spacial score (nSPS) is 23.4. The van der Waals surface area contributed by atoms with E-state index in [-0.39, 0.29) is 0 Å². The van der Waals surface area contributed by atoms with Crippen molar-refractivity contribution in [2.24, 2.45) is 17.8 Å². The van der Waals surface area contributed by atoms with E-state index in [4.69, 9.17) is 17.3 Å². The molecule has 27 heavy (non-hydrogen) atoms. The average Bonchev–Trinajstić information content (AvgIpc) is 3.09. The van der Waals surface area contributed by atoms with Gasteiger partial charge in [-0.1, -0.05) is 43.0 Å². The van der Waals surface area contributed by atoms with Crippen LogP contribution in [0.1, 0.15) is 43.2 Å². The first-order valence-corrected chi connectivity index (χ1v) is 9.79. The van der Waals surface area contributed by atoms with E-state index < -0.39 is 5.79 Å². The maximum atomic E-state index is 6.63. The summed E-state index contributed by atoms with van der Waals surface area (Å²) < 4.78 is 1.79. The third-order valence-electron chi connectivity index (χ3n) is 5.22. The van der Waals surface area contributed by atoms with E-state index in [1.807, 2.05) is 49.9 Å². The Morgan fingerprint density at radius 2 is 2.11 bits per heavy atom. The predicted octanol–water partition coefficient (Wildman–Crippen LogP) is 3.11. The fourth-order valence-corrected chi connectivity index (χ4v) is 3.93. The molecule has 1 saturated carbocycles. The lowest BCUT2D eigenvalue weighted by Crippen LogP contribution is -2.54. The molecule has 4 N–H and O–H groups in total. The summed E-state index contributed by atoms with van der Waals surface area (Å²) >= 11 is 6.17. The van der Waals surface area contributed by atoms with Gasteiger partial charge in [0.15, 0.2) is 0 Å². The van der Waals surface area contributed by atoms with E-state index in [9.17, 15) is 0 Å². The maximum Gasteiger partial charge on any atom is 0.210 e. The zero-order valence-electron chi connectivity index (χ0n) is 15.5. The summed E-state index contributed by atoms with van der Waals surface area (Å²) in [6.45, 7) is 0. The molecule has 1 aliphatic heterocycles. The molecule has 2 aliphatic rings. The van der Waals surface area contributed by atoms with Gasteiger partial charge >= 0.3 is 0 Å². The van der Waals surface area contributed by atoms with Crippen LogP contribution in [0.5, 0.6) is 0 Å². The number of rotatable bonds is 4. The van der Waals surface area contributed by atoms with Gasteiger partial charge in [0.2, 0.25) is 5.79 Å². The first kappa shape index (κ1) is 18.1. The summed E-state index contributed by atoms with van der Waals surface area (Å²) in [6.07, 6.45) is 11.8. The topological polar surface area (TPSA) is 80.3 Å². The van der Waals surface area contributed by atoms with Crippen molar-refractivity contribution < 1.29 is 0 Å². The van der Waals surface area contributed by atoms with Gasteiger partial charge in [0.25, 0.3) is 0 Å². The predicted molar refractivity (Wildman–Crippen MR) is 109 cm³/mol. The first-order valence-electron chi connectivity index (χ1n) is 9.42. The molecule has 7 heteroatoms. The number of hydrogen-bond donors (Lipinski definition) is 3. The van der Waals surface area contributed by atoms with Crippen molar-refractivity contribution in [2.75, 3.05) is 0 Å². The number of benzene rings is 1. The number of aryl methyl sites for hydroxylation is 1. The molecule has 1 aromatic heterocycles. The third kappa shape index (κ3) is 3.87. The van der Waals surface area contributed by atoms with Crippen molar-refractivity contribution in [3.63, 3.8) is 0 Å². The summed E-state index contributed by atoms with van der Waals surface area (Å²) in [5.74, 6) is -0.166. The molecule has 6 nitrogen and oxygen atoms in total. The zero-order chi connectivity index (χ0) is 18.9. The fraction of sp³-hybridized carbons (Fsp3) is 0.400. The second-order valence-corrected chi connectivity index (χ2v) is 7.77. The van der Waals surface area contributed by atoms with Crippen LogP contribution in [0.2, 0.25) is 5.02 Å². The van der Waals surface area contributed by atoms with Crippen molar-refractivity contribution in [2.45, 2.75) is 43.9 Å². The molecular weight excluding hydrogens is 360 g/mol. The Hall–Kier alpha value is -2.31. The minimum Gasteiger partial charge on any atom is -0.369 e. The van der Waals surface area contributed by atoms with Crippen LogP contribution in [-0.4, -0.2) is 22.0 Å². The number of nitrogens with zero attached hydrogens (tertiary/aromatic N) is 3. The van der Waals surface area contributed by atoms with Gasteiger partial charge < -0.3 is 10.6 Å². The van der Waals surface area contributed by atoms with E-state index in [0.29, 0.717) is 11.1 Å². The minimum absolute atomic E-state index is 0.433. The second-order valence-electron chi connectivity index (χ2n) is 7.33. The van der Waals surface area contributed by atoms with Gasteiger partial charge in [-0.15, -0.1) is 0 Å². The van der Waals surface area contributed by atoms with Crippen molar-refractivity contribution in [1.29, 1.82) is 0 Å². The Morgan fingerprint density at radius 3 is 2.81 bits per heavy atom. The molecule has 0 bridgehead atoms.